The number of thiocarbonyl (C=S) groups is 1. The third-order valence-electron chi connectivity index (χ3n) is 4.09. The smallest absolute Gasteiger partial charge is 0.308 e. The minimum absolute atomic E-state index is 0.121. The molecular weight excluding hydrogens is 382 g/mol. The summed E-state index contributed by atoms with van der Waals surface area (Å²) in [5, 5.41) is 5.47. The average Bonchev–Trinajstić information content (AvgIpc) is 2.63. The molecular formula is C19H25N3O5S. The maximum absolute atomic E-state index is 12.3. The predicted octanol–water partition coefficient (Wildman–Crippen LogP) is 0.781. The number of hydrogen-bond donors (Lipinski definition) is 2. The molecule has 8 nitrogen and oxygen atoms in total. The normalized spacial score (nSPS) is 16.4. The summed E-state index contributed by atoms with van der Waals surface area (Å²) in [5.41, 5.74) is 0.801. The van der Waals surface area contributed by atoms with Crippen LogP contribution in [0.4, 0.5) is 0 Å². The summed E-state index contributed by atoms with van der Waals surface area (Å²) in [5.74, 6) is -0.409. The van der Waals surface area contributed by atoms with Crippen molar-refractivity contribution in [1.29, 1.82) is 0 Å². The number of nitrogens with zero attached hydrogens (tertiary/aromatic N) is 1. The Balaban J connectivity index is 1.97. The van der Waals surface area contributed by atoms with E-state index in [1.54, 1.807) is 50.1 Å². The number of carbonyl (C=O) groups excluding carboxylic acids is 3. The molecule has 9 heteroatoms. The van der Waals surface area contributed by atoms with E-state index < -0.39 is 12.0 Å². The van der Waals surface area contributed by atoms with Crippen LogP contribution in [0, 0.1) is 0 Å². The van der Waals surface area contributed by atoms with Gasteiger partial charge in [-0.3, -0.25) is 14.4 Å². The molecule has 1 saturated heterocycles. The van der Waals surface area contributed by atoms with Crippen molar-refractivity contribution in [1.82, 2.24) is 15.5 Å². The summed E-state index contributed by atoms with van der Waals surface area (Å²) in [4.78, 5) is 38.1. The van der Waals surface area contributed by atoms with Crippen molar-refractivity contribution in [2.75, 3.05) is 20.2 Å². The molecule has 1 aromatic rings. The number of rotatable bonds is 6. The van der Waals surface area contributed by atoms with Crippen molar-refractivity contribution < 1.29 is 23.9 Å². The van der Waals surface area contributed by atoms with Crippen LogP contribution < -0.4 is 15.4 Å². The van der Waals surface area contributed by atoms with Crippen LogP contribution in [0.15, 0.2) is 24.3 Å². The van der Waals surface area contributed by atoms with E-state index in [-0.39, 0.29) is 35.9 Å². The molecule has 1 heterocycles. The molecule has 28 heavy (non-hydrogen) atoms. The lowest BCUT2D eigenvalue weighted by Gasteiger charge is -2.36. The van der Waals surface area contributed by atoms with Gasteiger partial charge < -0.3 is 25.0 Å². The predicted molar refractivity (Wildman–Crippen MR) is 107 cm³/mol. The number of methoxy groups -OCH3 is 1. The highest BCUT2D eigenvalue weighted by atomic mass is 32.1. The van der Waals surface area contributed by atoms with E-state index in [0.29, 0.717) is 18.8 Å². The second kappa shape index (κ2) is 10.0. The molecule has 1 atom stereocenters. The Morgan fingerprint density at radius 1 is 1.32 bits per heavy atom. The van der Waals surface area contributed by atoms with Gasteiger partial charge in [-0.2, -0.15) is 0 Å². The van der Waals surface area contributed by atoms with Crippen molar-refractivity contribution in [2.24, 2.45) is 0 Å². The van der Waals surface area contributed by atoms with Crippen LogP contribution in [-0.4, -0.2) is 60.1 Å². The second-order valence-electron chi connectivity index (χ2n) is 6.62. The molecule has 0 aliphatic carbocycles. The van der Waals surface area contributed by atoms with Gasteiger partial charge in [0.25, 0.3) is 0 Å². The number of carbonyl (C=O) groups is 3. The van der Waals surface area contributed by atoms with Crippen LogP contribution in [0.5, 0.6) is 5.75 Å². The molecule has 2 N–H and O–H groups in total. The van der Waals surface area contributed by atoms with Crippen LogP contribution in [0.3, 0.4) is 0 Å². The number of amides is 2. The van der Waals surface area contributed by atoms with E-state index >= 15 is 0 Å². The lowest BCUT2D eigenvalue weighted by atomic mass is 10.1. The summed E-state index contributed by atoms with van der Waals surface area (Å²) in [6, 6.07) is 6.31. The minimum Gasteiger partial charge on any atom is -0.497 e. The molecule has 0 unspecified atom stereocenters. The highest BCUT2D eigenvalue weighted by Crippen LogP contribution is 2.13. The highest BCUT2D eigenvalue weighted by molar-refractivity contribution is 7.80. The number of esters is 1. The zero-order valence-corrected chi connectivity index (χ0v) is 17.0. The van der Waals surface area contributed by atoms with Crippen LogP contribution in [0.2, 0.25) is 0 Å². The largest absolute Gasteiger partial charge is 0.497 e. The van der Waals surface area contributed by atoms with Gasteiger partial charge >= 0.3 is 5.97 Å². The molecule has 1 aliphatic heterocycles. The summed E-state index contributed by atoms with van der Waals surface area (Å²) < 4.78 is 10.2. The molecule has 2 rings (SSSR count). The molecule has 1 fully saturated rings. The Labute approximate surface area is 169 Å². The molecule has 0 saturated carbocycles. The van der Waals surface area contributed by atoms with Gasteiger partial charge in [0.1, 0.15) is 11.8 Å². The Bertz CT molecular complexity index is 736. The van der Waals surface area contributed by atoms with Gasteiger partial charge in [-0.15, -0.1) is 0 Å². The lowest BCUT2D eigenvalue weighted by Crippen LogP contribution is -2.60. The van der Waals surface area contributed by atoms with Crippen molar-refractivity contribution in [3.8, 4) is 5.75 Å². The molecule has 0 bridgehead atoms. The molecule has 2 amide bonds. The third-order valence-corrected chi connectivity index (χ3v) is 4.43. The fourth-order valence-corrected chi connectivity index (χ4v) is 3.13. The molecule has 0 spiro atoms. The first-order chi connectivity index (χ1) is 13.3. The van der Waals surface area contributed by atoms with Gasteiger partial charge in [0.2, 0.25) is 11.8 Å². The van der Waals surface area contributed by atoms with Crippen LogP contribution in [0.25, 0.3) is 0 Å². The first-order valence-corrected chi connectivity index (χ1v) is 9.41. The molecule has 152 valence electrons. The van der Waals surface area contributed by atoms with Gasteiger partial charge in [-0.25, -0.2) is 0 Å². The molecule has 0 aromatic heterocycles. The highest BCUT2D eigenvalue weighted by Gasteiger charge is 2.34. The number of piperazine rings is 1. The molecule has 1 aromatic carbocycles. The Hall–Kier alpha value is -2.68. The van der Waals surface area contributed by atoms with Crippen molar-refractivity contribution in [2.45, 2.75) is 38.8 Å². The fraction of sp³-hybridized carbons (Fsp3) is 0.474. The zero-order valence-electron chi connectivity index (χ0n) is 16.2. The summed E-state index contributed by atoms with van der Waals surface area (Å²) >= 11 is 5.32. The van der Waals surface area contributed by atoms with E-state index in [2.05, 4.69) is 10.6 Å². The van der Waals surface area contributed by atoms with Crippen LogP contribution in [-0.2, 0) is 25.5 Å². The van der Waals surface area contributed by atoms with Crippen LogP contribution >= 0.6 is 12.2 Å². The van der Waals surface area contributed by atoms with Crippen LogP contribution in [0.1, 0.15) is 25.8 Å². The Morgan fingerprint density at radius 3 is 2.61 bits per heavy atom. The zero-order chi connectivity index (χ0) is 20.7. The average molecular weight is 407 g/mol. The van der Waals surface area contributed by atoms with E-state index in [9.17, 15) is 14.4 Å². The van der Waals surface area contributed by atoms with Crippen molar-refractivity contribution in [3.63, 3.8) is 0 Å². The van der Waals surface area contributed by atoms with Gasteiger partial charge in [-0.1, -0.05) is 12.1 Å². The van der Waals surface area contributed by atoms with E-state index in [1.165, 1.54) is 0 Å². The SMILES string of the molecule is COc1ccc(CC(=O)NC(=S)N2CCNC(=O)[C@@H]2CC(=O)OC(C)C)cc1. The maximum atomic E-state index is 12.3. The monoisotopic (exact) mass is 407 g/mol. The topological polar surface area (TPSA) is 97.0 Å². The number of nitrogens with one attached hydrogen (secondary N) is 2. The van der Waals surface area contributed by atoms with E-state index in [4.69, 9.17) is 21.7 Å². The summed E-state index contributed by atoms with van der Waals surface area (Å²) in [7, 11) is 1.57. The van der Waals surface area contributed by atoms with Gasteiger partial charge in [0.15, 0.2) is 5.11 Å². The van der Waals surface area contributed by atoms with Crippen molar-refractivity contribution >= 4 is 35.1 Å². The fourth-order valence-electron chi connectivity index (χ4n) is 2.79. The quantitative estimate of drug-likeness (QED) is 0.531. The van der Waals surface area contributed by atoms with Gasteiger partial charge in [-0.05, 0) is 43.8 Å². The lowest BCUT2D eigenvalue weighted by molar-refractivity contribution is -0.150. The molecule has 1 aliphatic rings. The maximum Gasteiger partial charge on any atom is 0.308 e. The Morgan fingerprint density at radius 2 is 2.00 bits per heavy atom. The van der Waals surface area contributed by atoms with Crippen molar-refractivity contribution in [3.05, 3.63) is 29.8 Å². The van der Waals surface area contributed by atoms with Gasteiger partial charge in [0.05, 0.1) is 26.1 Å². The summed E-state index contributed by atoms with van der Waals surface area (Å²) in [6.07, 6.45) is -0.285. The van der Waals surface area contributed by atoms with E-state index in [0.717, 1.165) is 5.56 Å². The third kappa shape index (κ3) is 6.19. The van der Waals surface area contributed by atoms with Gasteiger partial charge in [0, 0.05) is 13.1 Å². The Kier molecular flexibility index (Phi) is 7.74. The first-order valence-electron chi connectivity index (χ1n) is 9.00. The minimum atomic E-state index is -0.811. The number of ether oxygens (including phenoxy) is 2. The van der Waals surface area contributed by atoms with E-state index in [1.807, 2.05) is 0 Å². The number of hydrogen-bond acceptors (Lipinski definition) is 6. The standard InChI is InChI=1S/C19H25N3O5S/c1-12(2)27-17(24)11-15-18(25)20-8-9-22(15)19(28)21-16(23)10-13-4-6-14(26-3)7-5-13/h4-7,12,15H,8-11H2,1-3H3,(H,20,25)(H,21,23,28)/t15-/m0/s1. The second-order valence-corrected chi connectivity index (χ2v) is 7.01. The first kappa shape index (κ1) is 21.6. The number of benzene rings is 1. The molecule has 0 radical (unpaired) electrons. The summed E-state index contributed by atoms with van der Waals surface area (Å²) in [6.45, 7) is 4.25.